The van der Waals surface area contributed by atoms with Crippen molar-refractivity contribution in [2.24, 2.45) is 0 Å². The molecular formula is C17H16ClN3O2. The highest BCUT2D eigenvalue weighted by Crippen LogP contribution is 2.17. The molecule has 5 nitrogen and oxygen atoms in total. The molecule has 3 rings (SSSR count). The number of nitrogens with one attached hydrogen (secondary N) is 2. The lowest BCUT2D eigenvalue weighted by molar-refractivity contribution is 0.252. The summed E-state index contributed by atoms with van der Waals surface area (Å²) in [6, 6.07) is 12.6. The van der Waals surface area contributed by atoms with E-state index < -0.39 is 0 Å². The lowest BCUT2D eigenvalue weighted by Crippen LogP contribution is -2.30. The number of anilines is 1. The molecule has 0 unspecified atom stereocenters. The average Bonchev–Trinajstić information content (AvgIpc) is 2.86. The van der Waals surface area contributed by atoms with Gasteiger partial charge in [-0.25, -0.2) is 9.78 Å². The molecule has 1 heterocycles. The molecule has 0 aliphatic heterocycles. The predicted molar refractivity (Wildman–Crippen MR) is 90.9 cm³/mol. The SMILES string of the molecule is Cc1nc2ccc(CCNC(=O)Nc3cccc(Cl)c3)cc2o1. The van der Waals surface area contributed by atoms with Crippen LogP contribution in [0.4, 0.5) is 10.5 Å². The Morgan fingerprint density at radius 3 is 2.96 bits per heavy atom. The quantitative estimate of drug-likeness (QED) is 0.755. The van der Waals surface area contributed by atoms with Crippen LogP contribution in [0.25, 0.3) is 11.1 Å². The number of aryl methyl sites for hydroxylation is 1. The summed E-state index contributed by atoms with van der Waals surface area (Å²) < 4.78 is 5.50. The normalized spacial score (nSPS) is 10.7. The van der Waals surface area contributed by atoms with E-state index in [1.165, 1.54) is 0 Å². The number of hydrogen-bond donors (Lipinski definition) is 2. The molecule has 23 heavy (non-hydrogen) atoms. The highest BCUT2D eigenvalue weighted by atomic mass is 35.5. The first-order chi connectivity index (χ1) is 11.1. The van der Waals surface area contributed by atoms with E-state index >= 15 is 0 Å². The minimum atomic E-state index is -0.260. The Balaban J connectivity index is 1.52. The van der Waals surface area contributed by atoms with Crippen LogP contribution in [-0.4, -0.2) is 17.6 Å². The molecule has 0 aliphatic rings. The number of urea groups is 1. The van der Waals surface area contributed by atoms with Crippen LogP contribution in [0.1, 0.15) is 11.5 Å². The van der Waals surface area contributed by atoms with Crippen LogP contribution in [0.15, 0.2) is 46.9 Å². The number of benzene rings is 2. The molecule has 2 aromatic carbocycles. The van der Waals surface area contributed by atoms with Gasteiger partial charge in [0.05, 0.1) is 0 Å². The Hall–Kier alpha value is -2.53. The molecule has 2 amide bonds. The van der Waals surface area contributed by atoms with Crippen molar-refractivity contribution in [2.75, 3.05) is 11.9 Å². The Morgan fingerprint density at radius 1 is 1.26 bits per heavy atom. The zero-order valence-corrected chi connectivity index (χ0v) is 13.4. The van der Waals surface area contributed by atoms with Crippen molar-refractivity contribution in [3.8, 4) is 0 Å². The molecule has 6 heteroatoms. The van der Waals surface area contributed by atoms with E-state index in [0.717, 1.165) is 16.7 Å². The van der Waals surface area contributed by atoms with E-state index in [1.54, 1.807) is 24.3 Å². The zero-order valence-electron chi connectivity index (χ0n) is 12.6. The monoisotopic (exact) mass is 329 g/mol. The Morgan fingerprint density at radius 2 is 2.13 bits per heavy atom. The number of rotatable bonds is 4. The van der Waals surface area contributed by atoms with E-state index in [9.17, 15) is 4.79 Å². The summed E-state index contributed by atoms with van der Waals surface area (Å²) in [5, 5.41) is 6.13. The first-order valence-electron chi connectivity index (χ1n) is 7.27. The molecule has 0 bridgehead atoms. The zero-order chi connectivity index (χ0) is 16.2. The second kappa shape index (κ2) is 6.71. The summed E-state index contributed by atoms with van der Waals surface area (Å²) >= 11 is 5.88. The molecule has 0 aliphatic carbocycles. The summed E-state index contributed by atoms with van der Waals surface area (Å²) in [6.07, 6.45) is 0.707. The summed E-state index contributed by atoms with van der Waals surface area (Å²) in [5.41, 5.74) is 3.35. The van der Waals surface area contributed by atoms with Crippen LogP contribution in [-0.2, 0) is 6.42 Å². The van der Waals surface area contributed by atoms with E-state index in [4.69, 9.17) is 16.0 Å². The van der Waals surface area contributed by atoms with Crippen molar-refractivity contribution in [3.63, 3.8) is 0 Å². The van der Waals surface area contributed by atoms with Gasteiger partial charge < -0.3 is 15.1 Å². The van der Waals surface area contributed by atoms with Crippen LogP contribution in [0.5, 0.6) is 0 Å². The van der Waals surface area contributed by atoms with Crippen molar-refractivity contribution in [2.45, 2.75) is 13.3 Å². The number of oxazole rings is 1. The second-order valence-electron chi connectivity index (χ2n) is 5.18. The number of amides is 2. The van der Waals surface area contributed by atoms with Crippen LogP contribution in [0.3, 0.4) is 0 Å². The van der Waals surface area contributed by atoms with Gasteiger partial charge in [0.25, 0.3) is 0 Å². The fourth-order valence-corrected chi connectivity index (χ4v) is 2.49. The maximum absolute atomic E-state index is 11.8. The molecule has 0 saturated carbocycles. The molecule has 2 N–H and O–H groups in total. The molecule has 3 aromatic rings. The van der Waals surface area contributed by atoms with Gasteiger partial charge in [-0.2, -0.15) is 0 Å². The smallest absolute Gasteiger partial charge is 0.319 e. The number of hydrogen-bond acceptors (Lipinski definition) is 3. The summed E-state index contributed by atoms with van der Waals surface area (Å²) in [4.78, 5) is 16.1. The van der Waals surface area contributed by atoms with Crippen LogP contribution < -0.4 is 10.6 Å². The maximum atomic E-state index is 11.8. The van der Waals surface area contributed by atoms with E-state index in [2.05, 4.69) is 15.6 Å². The summed E-state index contributed by atoms with van der Waals surface area (Å²) in [6.45, 7) is 2.34. The standard InChI is InChI=1S/C17H16ClN3O2/c1-11-20-15-6-5-12(9-16(15)23-11)7-8-19-17(22)21-14-4-2-3-13(18)10-14/h2-6,9-10H,7-8H2,1H3,(H2,19,21,22). The van der Waals surface area contributed by atoms with Crippen molar-refractivity contribution in [1.82, 2.24) is 10.3 Å². The Bertz CT molecular complexity index is 845. The third kappa shape index (κ3) is 4.02. The van der Waals surface area contributed by atoms with Gasteiger partial charge in [0.2, 0.25) is 0 Å². The van der Waals surface area contributed by atoms with Gasteiger partial charge in [0, 0.05) is 24.2 Å². The van der Waals surface area contributed by atoms with Crippen molar-refractivity contribution in [3.05, 3.63) is 58.9 Å². The predicted octanol–water partition coefficient (Wildman–Crippen LogP) is 4.15. The van der Waals surface area contributed by atoms with Gasteiger partial charge in [0.15, 0.2) is 11.5 Å². The molecular weight excluding hydrogens is 314 g/mol. The van der Waals surface area contributed by atoms with Crippen molar-refractivity contribution in [1.29, 1.82) is 0 Å². The largest absolute Gasteiger partial charge is 0.441 e. The first-order valence-corrected chi connectivity index (χ1v) is 7.64. The van der Waals surface area contributed by atoms with E-state index in [0.29, 0.717) is 29.6 Å². The van der Waals surface area contributed by atoms with Gasteiger partial charge in [-0.05, 0) is 42.3 Å². The maximum Gasteiger partial charge on any atom is 0.319 e. The van der Waals surface area contributed by atoms with Gasteiger partial charge >= 0.3 is 6.03 Å². The summed E-state index contributed by atoms with van der Waals surface area (Å²) in [5.74, 6) is 0.649. The molecule has 0 fully saturated rings. The molecule has 1 aromatic heterocycles. The number of aromatic nitrogens is 1. The summed E-state index contributed by atoms with van der Waals surface area (Å²) in [7, 11) is 0. The van der Waals surface area contributed by atoms with Gasteiger partial charge in [-0.15, -0.1) is 0 Å². The Labute approximate surface area is 138 Å². The first kappa shape index (κ1) is 15.4. The van der Waals surface area contributed by atoms with Crippen molar-refractivity contribution >= 4 is 34.4 Å². The molecule has 0 spiro atoms. The number of carbonyl (C=O) groups is 1. The molecule has 0 saturated heterocycles. The number of fused-ring (bicyclic) bond motifs is 1. The van der Waals surface area contributed by atoms with Gasteiger partial charge in [-0.3, -0.25) is 0 Å². The minimum absolute atomic E-state index is 0.260. The van der Waals surface area contributed by atoms with Crippen LogP contribution >= 0.6 is 11.6 Å². The van der Waals surface area contributed by atoms with Crippen molar-refractivity contribution < 1.29 is 9.21 Å². The lowest BCUT2D eigenvalue weighted by atomic mass is 10.1. The number of halogens is 1. The van der Waals surface area contributed by atoms with E-state index in [-0.39, 0.29) is 6.03 Å². The second-order valence-corrected chi connectivity index (χ2v) is 5.61. The van der Waals surface area contributed by atoms with E-state index in [1.807, 2.05) is 25.1 Å². The highest BCUT2D eigenvalue weighted by molar-refractivity contribution is 6.30. The van der Waals surface area contributed by atoms with Crippen LogP contribution in [0, 0.1) is 6.92 Å². The number of nitrogens with zero attached hydrogens (tertiary/aromatic N) is 1. The average molecular weight is 330 g/mol. The third-order valence-electron chi connectivity index (χ3n) is 3.34. The molecule has 0 radical (unpaired) electrons. The highest BCUT2D eigenvalue weighted by Gasteiger charge is 2.05. The topological polar surface area (TPSA) is 67.2 Å². The molecule has 118 valence electrons. The lowest BCUT2D eigenvalue weighted by Gasteiger charge is -2.08. The third-order valence-corrected chi connectivity index (χ3v) is 3.58. The fraction of sp³-hybridized carbons (Fsp3) is 0.176. The minimum Gasteiger partial charge on any atom is -0.441 e. The van der Waals surface area contributed by atoms with Crippen LogP contribution in [0.2, 0.25) is 5.02 Å². The number of carbonyl (C=O) groups excluding carboxylic acids is 1. The van der Waals surface area contributed by atoms with Gasteiger partial charge in [-0.1, -0.05) is 23.7 Å². The molecule has 0 atom stereocenters. The fourth-order valence-electron chi connectivity index (χ4n) is 2.30. The Kier molecular flexibility index (Phi) is 4.48. The van der Waals surface area contributed by atoms with Gasteiger partial charge in [0.1, 0.15) is 5.52 Å².